The Labute approximate surface area is 158 Å². The van der Waals surface area contributed by atoms with Crippen LogP contribution >= 0.6 is 0 Å². The molecule has 0 amide bonds. The molecule has 0 bridgehead atoms. The zero-order chi connectivity index (χ0) is 17.4. The van der Waals surface area contributed by atoms with Crippen LogP contribution in [-0.2, 0) is 13.6 Å². The third-order valence-corrected chi connectivity index (χ3v) is 14.4. The first-order valence-corrected chi connectivity index (χ1v) is 14.1. The van der Waals surface area contributed by atoms with E-state index in [0.29, 0.717) is 6.61 Å². The normalized spacial score (nSPS) is 23.2. The van der Waals surface area contributed by atoms with Gasteiger partial charge in [0.25, 0.3) is 0 Å². The van der Waals surface area contributed by atoms with Gasteiger partial charge in [-0.3, -0.25) is 0 Å². The van der Waals surface area contributed by atoms with Crippen molar-refractivity contribution in [1.82, 2.24) is 0 Å². The van der Waals surface area contributed by atoms with Crippen LogP contribution in [0, 0.1) is 6.26 Å². The second-order valence-corrected chi connectivity index (χ2v) is 18.9. The summed E-state index contributed by atoms with van der Waals surface area (Å²) < 4.78 is 18.5. The molecule has 0 unspecified atom stereocenters. The van der Waals surface area contributed by atoms with Gasteiger partial charge in [0.05, 0.1) is 12.7 Å². The molecule has 1 rings (SSSR count). The Balaban J connectivity index is 0.00000484. The molecule has 0 aromatic carbocycles. The number of ether oxygens (including phenoxy) is 1. The van der Waals surface area contributed by atoms with Crippen molar-refractivity contribution in [2.75, 3.05) is 6.61 Å². The zero-order valence-electron chi connectivity index (χ0n) is 17.2. The van der Waals surface area contributed by atoms with Gasteiger partial charge in [-0.05, 0) is 36.3 Å². The van der Waals surface area contributed by atoms with Gasteiger partial charge in [-0.15, -0.1) is 0 Å². The van der Waals surface area contributed by atoms with Gasteiger partial charge in [-0.2, -0.15) is 0 Å². The second kappa shape index (κ2) is 7.80. The van der Waals surface area contributed by atoms with Gasteiger partial charge in [-0.25, -0.2) is 6.08 Å². The van der Waals surface area contributed by atoms with Crippen LogP contribution in [0.15, 0.2) is 6.08 Å². The molecule has 2 atom stereocenters. The smallest absolute Gasteiger partial charge is 0.691 e. The minimum Gasteiger partial charge on any atom is -0.691 e. The van der Waals surface area contributed by atoms with Crippen molar-refractivity contribution in [2.45, 2.75) is 90.0 Å². The van der Waals surface area contributed by atoms with Gasteiger partial charge in [-0.1, -0.05) is 41.5 Å². The molecule has 3 nitrogen and oxygen atoms in total. The van der Waals surface area contributed by atoms with E-state index in [-0.39, 0.29) is 41.1 Å². The SMILES string of the molecule is CC(C)(C)[Si](C)(C)O[C@@H]1C=[C-]OC[C@H]1O[Si](C)(C)C(C)(C)C.[Li+]. The van der Waals surface area contributed by atoms with Gasteiger partial charge < -0.3 is 19.9 Å². The average molecular weight is 351 g/mol. The molecule has 0 fully saturated rings. The van der Waals surface area contributed by atoms with Crippen molar-refractivity contribution in [3.63, 3.8) is 0 Å². The minimum absolute atomic E-state index is 0. The Morgan fingerprint density at radius 3 is 1.78 bits per heavy atom. The molecule has 130 valence electrons. The molecule has 1 aliphatic rings. The first kappa shape index (κ1) is 23.5. The molecule has 6 heteroatoms. The van der Waals surface area contributed by atoms with Crippen LogP contribution in [0.5, 0.6) is 0 Å². The van der Waals surface area contributed by atoms with E-state index in [9.17, 15) is 0 Å². The van der Waals surface area contributed by atoms with Crippen molar-refractivity contribution < 1.29 is 32.4 Å². The molecular formula is C17H35LiO3Si2. The Morgan fingerprint density at radius 2 is 1.35 bits per heavy atom. The maximum atomic E-state index is 6.55. The van der Waals surface area contributed by atoms with Gasteiger partial charge in [0.15, 0.2) is 16.6 Å². The van der Waals surface area contributed by atoms with Crippen LogP contribution in [0.25, 0.3) is 0 Å². The Morgan fingerprint density at radius 1 is 0.913 bits per heavy atom. The van der Waals surface area contributed by atoms with E-state index in [1.165, 1.54) is 0 Å². The summed E-state index contributed by atoms with van der Waals surface area (Å²) in [6.07, 6.45) is 4.69. The molecule has 0 saturated carbocycles. The predicted octanol–water partition coefficient (Wildman–Crippen LogP) is 2.12. The summed E-state index contributed by atoms with van der Waals surface area (Å²) >= 11 is 0. The summed E-state index contributed by atoms with van der Waals surface area (Å²) in [5.74, 6) is 0. The van der Waals surface area contributed by atoms with E-state index < -0.39 is 16.6 Å². The molecular weight excluding hydrogens is 315 g/mol. The molecule has 1 heterocycles. The second-order valence-electron chi connectivity index (χ2n) is 9.35. The number of hydrogen-bond donors (Lipinski definition) is 0. The summed E-state index contributed by atoms with van der Waals surface area (Å²) in [5.41, 5.74) is 0. The third-order valence-electron chi connectivity index (χ3n) is 5.42. The molecule has 0 aromatic rings. The van der Waals surface area contributed by atoms with Gasteiger partial charge in [0.1, 0.15) is 6.10 Å². The Bertz CT molecular complexity index is 409. The number of rotatable bonds is 4. The first-order valence-electron chi connectivity index (χ1n) is 8.24. The standard InChI is InChI=1S/C17H35O3Si2.Li/c1-16(2,3)21(7,8)19-14-11-12-18-13-15(14)20-22(9,10)17(4,5)6;/h11,14-15H,13H2,1-10H3;/q-1;+1/t14-,15-;/m1./s1. The quantitative estimate of drug-likeness (QED) is 0.574. The van der Waals surface area contributed by atoms with Crippen molar-refractivity contribution in [3.05, 3.63) is 12.3 Å². The van der Waals surface area contributed by atoms with E-state index in [1.807, 2.05) is 6.08 Å². The topological polar surface area (TPSA) is 27.7 Å². The fourth-order valence-corrected chi connectivity index (χ4v) is 4.30. The molecule has 0 radical (unpaired) electrons. The Kier molecular flexibility index (Phi) is 7.97. The summed E-state index contributed by atoms with van der Waals surface area (Å²) in [6, 6.07) is 0. The molecule has 0 saturated heterocycles. The molecule has 1 aliphatic heterocycles. The fourth-order valence-electron chi connectivity index (χ4n) is 1.73. The summed E-state index contributed by atoms with van der Waals surface area (Å²) in [7, 11) is -3.69. The first-order chi connectivity index (χ1) is 9.67. The molecule has 0 aromatic heterocycles. The van der Waals surface area contributed by atoms with Gasteiger partial charge in [0, 0.05) is 0 Å². The minimum atomic E-state index is -1.85. The molecule has 0 spiro atoms. The van der Waals surface area contributed by atoms with E-state index in [0.717, 1.165) is 0 Å². The van der Waals surface area contributed by atoms with Crippen LogP contribution in [0.1, 0.15) is 41.5 Å². The largest absolute Gasteiger partial charge is 1.00 e. The van der Waals surface area contributed by atoms with Gasteiger partial charge in [0.2, 0.25) is 0 Å². The molecule has 0 aliphatic carbocycles. The van der Waals surface area contributed by atoms with Crippen LogP contribution in [-0.4, -0.2) is 35.4 Å². The predicted molar refractivity (Wildman–Crippen MR) is 97.9 cm³/mol. The summed E-state index contributed by atoms with van der Waals surface area (Å²) in [4.78, 5) is 0. The van der Waals surface area contributed by atoms with Crippen LogP contribution in [0.3, 0.4) is 0 Å². The van der Waals surface area contributed by atoms with E-state index >= 15 is 0 Å². The van der Waals surface area contributed by atoms with E-state index in [4.69, 9.17) is 13.6 Å². The maximum absolute atomic E-state index is 6.55. The average Bonchev–Trinajstić information content (AvgIpc) is 2.28. The van der Waals surface area contributed by atoms with Crippen molar-refractivity contribution in [3.8, 4) is 0 Å². The van der Waals surface area contributed by atoms with Crippen molar-refractivity contribution >= 4 is 16.6 Å². The zero-order valence-corrected chi connectivity index (χ0v) is 19.2. The van der Waals surface area contributed by atoms with Crippen LogP contribution in [0.2, 0.25) is 36.3 Å². The fraction of sp³-hybridized carbons (Fsp3) is 0.882. The molecule has 0 N–H and O–H groups in total. The molecule has 23 heavy (non-hydrogen) atoms. The van der Waals surface area contributed by atoms with E-state index in [2.05, 4.69) is 74.0 Å². The van der Waals surface area contributed by atoms with Crippen LogP contribution in [0.4, 0.5) is 0 Å². The summed E-state index contributed by atoms with van der Waals surface area (Å²) in [5, 5.41) is 0.361. The number of hydrogen-bond acceptors (Lipinski definition) is 3. The maximum Gasteiger partial charge on any atom is 1.00 e. The van der Waals surface area contributed by atoms with Crippen molar-refractivity contribution in [1.29, 1.82) is 0 Å². The monoisotopic (exact) mass is 350 g/mol. The van der Waals surface area contributed by atoms with E-state index in [1.54, 1.807) is 0 Å². The summed E-state index contributed by atoms with van der Waals surface area (Å²) in [6.45, 7) is 23.2. The third kappa shape index (κ3) is 6.06. The van der Waals surface area contributed by atoms with Gasteiger partial charge >= 0.3 is 18.9 Å². The van der Waals surface area contributed by atoms with Crippen LogP contribution < -0.4 is 18.9 Å². The van der Waals surface area contributed by atoms with Crippen molar-refractivity contribution in [2.24, 2.45) is 0 Å². The Hall–Kier alpha value is 0.491.